The molecule has 6 heteroatoms. The van der Waals surface area contributed by atoms with Crippen LogP contribution >= 0.6 is 23.1 Å². The predicted octanol–water partition coefficient (Wildman–Crippen LogP) is 5.61. The molecule has 2 aromatic heterocycles. The van der Waals surface area contributed by atoms with Crippen LogP contribution in [-0.4, -0.2) is 15.7 Å². The number of esters is 1. The van der Waals surface area contributed by atoms with E-state index in [0.717, 1.165) is 21.2 Å². The number of carbonyl (C=O) groups is 1. The lowest BCUT2D eigenvalue weighted by Crippen LogP contribution is -2.11. The summed E-state index contributed by atoms with van der Waals surface area (Å²) in [5.74, 6) is 0.0583. The minimum atomic E-state index is -0.378. The average molecular weight is 393 g/mol. The molecule has 4 rings (SSSR count). The summed E-state index contributed by atoms with van der Waals surface area (Å²) in [6, 6.07) is 23.3. The molecule has 134 valence electrons. The lowest BCUT2D eigenvalue weighted by molar-refractivity contribution is 0.0723. The van der Waals surface area contributed by atoms with Crippen LogP contribution in [0.2, 0.25) is 0 Å². The first kappa shape index (κ1) is 17.6. The van der Waals surface area contributed by atoms with Gasteiger partial charge in [0.15, 0.2) is 0 Å². The Morgan fingerprint density at radius 3 is 2.37 bits per heavy atom. The maximum atomic E-state index is 12.6. The number of ether oxygens (including phenoxy) is 1. The summed E-state index contributed by atoms with van der Waals surface area (Å²) in [5, 5.41) is 6.49. The van der Waals surface area contributed by atoms with Gasteiger partial charge in [0, 0.05) is 4.90 Å². The molecule has 0 aliphatic carbocycles. The molecule has 2 aromatic carbocycles. The fourth-order valence-corrected chi connectivity index (χ4v) is 4.11. The van der Waals surface area contributed by atoms with E-state index in [1.807, 2.05) is 79.0 Å². The fraction of sp³-hybridized carbons (Fsp3) is 0.0476. The molecular weight excluding hydrogens is 376 g/mol. The number of rotatable bonds is 5. The Bertz CT molecular complexity index is 1040. The minimum absolute atomic E-state index is 0.378. The van der Waals surface area contributed by atoms with Crippen LogP contribution in [0.4, 0.5) is 0 Å². The smallest absolute Gasteiger partial charge is 0.355 e. The third kappa shape index (κ3) is 3.82. The van der Waals surface area contributed by atoms with Crippen molar-refractivity contribution in [2.24, 2.45) is 0 Å². The van der Waals surface area contributed by atoms with Crippen LogP contribution in [0.15, 0.2) is 88.0 Å². The highest BCUT2D eigenvalue weighted by molar-refractivity contribution is 7.99. The first-order chi connectivity index (χ1) is 13.2. The molecule has 27 heavy (non-hydrogen) atoms. The molecule has 0 radical (unpaired) electrons. The van der Waals surface area contributed by atoms with Crippen LogP contribution < -0.4 is 4.74 Å². The summed E-state index contributed by atoms with van der Waals surface area (Å²) >= 11 is 2.90. The highest BCUT2D eigenvalue weighted by Gasteiger charge is 2.23. The molecule has 0 bridgehead atoms. The zero-order valence-electron chi connectivity index (χ0n) is 14.5. The standard InChI is InChI=1S/C21H16N2O2S2/c1-15-19(27-17-11-6-3-7-12-17)20(25-21(24)18-13-8-14-26-18)23(22-15)16-9-4-2-5-10-16/h2-14H,1H3. The average Bonchev–Trinajstić information content (AvgIpc) is 3.34. The lowest BCUT2D eigenvalue weighted by Gasteiger charge is -2.09. The highest BCUT2D eigenvalue weighted by atomic mass is 32.2. The van der Waals surface area contributed by atoms with Crippen molar-refractivity contribution in [3.8, 4) is 11.6 Å². The first-order valence-electron chi connectivity index (χ1n) is 8.36. The predicted molar refractivity (Wildman–Crippen MR) is 108 cm³/mol. The van der Waals surface area contributed by atoms with Gasteiger partial charge in [0.05, 0.1) is 16.3 Å². The van der Waals surface area contributed by atoms with Gasteiger partial charge in [-0.3, -0.25) is 0 Å². The van der Waals surface area contributed by atoms with E-state index >= 15 is 0 Å². The second-order valence-electron chi connectivity index (χ2n) is 5.75. The van der Waals surface area contributed by atoms with Gasteiger partial charge in [0.25, 0.3) is 0 Å². The number of thiophene rings is 1. The Balaban J connectivity index is 1.78. The van der Waals surface area contributed by atoms with Crippen LogP contribution in [0.3, 0.4) is 0 Å². The second-order valence-corrected chi connectivity index (χ2v) is 7.78. The molecule has 4 nitrogen and oxygen atoms in total. The summed E-state index contributed by atoms with van der Waals surface area (Å²) in [7, 11) is 0. The number of hydrogen-bond donors (Lipinski definition) is 0. The second kappa shape index (κ2) is 7.82. The van der Waals surface area contributed by atoms with Gasteiger partial charge in [-0.2, -0.15) is 9.78 Å². The van der Waals surface area contributed by atoms with Gasteiger partial charge in [-0.05, 0) is 42.6 Å². The maximum Gasteiger partial charge on any atom is 0.355 e. The highest BCUT2D eigenvalue weighted by Crippen LogP contribution is 2.39. The first-order valence-corrected chi connectivity index (χ1v) is 10.1. The van der Waals surface area contributed by atoms with E-state index < -0.39 is 0 Å². The summed E-state index contributed by atoms with van der Waals surface area (Å²) < 4.78 is 7.51. The Morgan fingerprint density at radius 1 is 1.00 bits per heavy atom. The number of aryl methyl sites for hydroxylation is 1. The summed E-state index contributed by atoms with van der Waals surface area (Å²) in [6.45, 7) is 1.92. The zero-order valence-corrected chi connectivity index (χ0v) is 16.2. The Kier molecular flexibility index (Phi) is 5.09. The van der Waals surface area contributed by atoms with Gasteiger partial charge in [-0.1, -0.05) is 54.2 Å². The van der Waals surface area contributed by atoms with Gasteiger partial charge < -0.3 is 4.74 Å². The summed E-state index contributed by atoms with van der Waals surface area (Å²) in [6.07, 6.45) is 0. The molecule has 0 saturated heterocycles. The molecule has 0 fully saturated rings. The molecule has 0 aliphatic rings. The van der Waals surface area contributed by atoms with Crippen LogP contribution in [0.25, 0.3) is 5.69 Å². The number of carbonyl (C=O) groups excluding carboxylic acids is 1. The molecule has 0 unspecified atom stereocenters. The molecule has 2 heterocycles. The topological polar surface area (TPSA) is 44.1 Å². The van der Waals surface area contributed by atoms with Crippen LogP contribution in [0, 0.1) is 6.92 Å². The van der Waals surface area contributed by atoms with Crippen molar-refractivity contribution in [3.63, 3.8) is 0 Å². The van der Waals surface area contributed by atoms with Crippen LogP contribution in [0.1, 0.15) is 15.4 Å². The van der Waals surface area contributed by atoms with E-state index in [9.17, 15) is 4.79 Å². The van der Waals surface area contributed by atoms with Crippen molar-refractivity contribution >= 4 is 29.1 Å². The molecule has 0 amide bonds. The van der Waals surface area contributed by atoms with E-state index in [2.05, 4.69) is 5.10 Å². The normalized spacial score (nSPS) is 10.7. The maximum absolute atomic E-state index is 12.6. The van der Waals surface area contributed by atoms with Gasteiger partial charge in [0.2, 0.25) is 5.88 Å². The number of hydrogen-bond acceptors (Lipinski definition) is 5. The van der Waals surface area contributed by atoms with Crippen molar-refractivity contribution < 1.29 is 9.53 Å². The third-order valence-electron chi connectivity index (χ3n) is 3.84. The SMILES string of the molecule is Cc1nn(-c2ccccc2)c(OC(=O)c2cccs2)c1Sc1ccccc1. The number of aromatic nitrogens is 2. The van der Waals surface area contributed by atoms with Gasteiger partial charge in [-0.15, -0.1) is 11.3 Å². The summed E-state index contributed by atoms with van der Waals surface area (Å²) in [5.41, 5.74) is 1.65. The van der Waals surface area contributed by atoms with Crippen molar-refractivity contribution in [2.45, 2.75) is 16.7 Å². The van der Waals surface area contributed by atoms with Gasteiger partial charge in [-0.25, -0.2) is 4.79 Å². The van der Waals surface area contributed by atoms with E-state index in [1.165, 1.54) is 23.1 Å². The molecular formula is C21H16N2O2S2. The molecule has 0 aliphatic heterocycles. The van der Waals surface area contributed by atoms with Crippen molar-refractivity contribution in [1.82, 2.24) is 9.78 Å². The Labute approximate surface area is 165 Å². The molecule has 4 aromatic rings. The quantitative estimate of drug-likeness (QED) is 0.414. The molecule has 0 N–H and O–H groups in total. The van der Waals surface area contributed by atoms with E-state index in [-0.39, 0.29) is 5.97 Å². The number of para-hydroxylation sites is 1. The molecule has 0 spiro atoms. The largest absolute Gasteiger partial charge is 0.402 e. The van der Waals surface area contributed by atoms with Crippen molar-refractivity contribution in [3.05, 3.63) is 88.7 Å². The molecule has 0 atom stereocenters. The van der Waals surface area contributed by atoms with E-state index in [4.69, 9.17) is 4.74 Å². The zero-order chi connectivity index (χ0) is 18.6. The minimum Gasteiger partial charge on any atom is -0.402 e. The number of benzene rings is 2. The monoisotopic (exact) mass is 392 g/mol. The Morgan fingerprint density at radius 2 is 1.70 bits per heavy atom. The molecule has 0 saturated carbocycles. The number of nitrogens with zero attached hydrogens (tertiary/aromatic N) is 2. The van der Waals surface area contributed by atoms with E-state index in [1.54, 1.807) is 10.7 Å². The lowest BCUT2D eigenvalue weighted by atomic mass is 10.3. The van der Waals surface area contributed by atoms with Gasteiger partial charge >= 0.3 is 5.97 Å². The fourth-order valence-electron chi connectivity index (χ4n) is 2.58. The van der Waals surface area contributed by atoms with Gasteiger partial charge in [0.1, 0.15) is 4.88 Å². The van der Waals surface area contributed by atoms with Crippen LogP contribution in [-0.2, 0) is 0 Å². The Hall–Kier alpha value is -2.83. The van der Waals surface area contributed by atoms with Crippen LogP contribution in [0.5, 0.6) is 5.88 Å². The summed E-state index contributed by atoms with van der Waals surface area (Å²) in [4.78, 5) is 15.1. The third-order valence-corrected chi connectivity index (χ3v) is 5.87. The van der Waals surface area contributed by atoms with Crippen molar-refractivity contribution in [1.29, 1.82) is 0 Å². The van der Waals surface area contributed by atoms with Crippen molar-refractivity contribution in [2.75, 3.05) is 0 Å². The van der Waals surface area contributed by atoms with E-state index in [0.29, 0.717) is 10.8 Å².